The lowest BCUT2D eigenvalue weighted by Gasteiger charge is -2.24. The van der Waals surface area contributed by atoms with Crippen molar-refractivity contribution in [2.45, 2.75) is 52.1 Å². The number of aryl methyl sites for hydroxylation is 2. The molecular formula is C20H30Si2. The third-order valence-corrected chi connectivity index (χ3v) is 10.1. The Kier molecular flexibility index (Phi) is 5.13. The minimum Gasteiger partial charge on any atom is -0.0656 e. The SMILES string of the molecule is Cc1cccc([Si](C)(C)CCc2ccc([Si](C)(C)C)cc2)c1. The summed E-state index contributed by atoms with van der Waals surface area (Å²) in [5.74, 6) is 0. The van der Waals surface area contributed by atoms with Gasteiger partial charge in [0.2, 0.25) is 0 Å². The monoisotopic (exact) mass is 326 g/mol. The molecule has 0 saturated carbocycles. The summed E-state index contributed by atoms with van der Waals surface area (Å²) in [5, 5.41) is 3.15. The Bertz CT molecular complexity index is 619. The van der Waals surface area contributed by atoms with Crippen molar-refractivity contribution < 1.29 is 0 Å². The Morgan fingerprint density at radius 2 is 1.41 bits per heavy atom. The largest absolute Gasteiger partial charge is 0.0809 e. The van der Waals surface area contributed by atoms with E-state index < -0.39 is 16.1 Å². The molecule has 0 amide bonds. The lowest BCUT2D eigenvalue weighted by atomic mass is 10.2. The van der Waals surface area contributed by atoms with Gasteiger partial charge in [-0.3, -0.25) is 0 Å². The summed E-state index contributed by atoms with van der Waals surface area (Å²) in [6.45, 7) is 14.4. The van der Waals surface area contributed by atoms with E-state index in [0.29, 0.717) is 0 Å². The van der Waals surface area contributed by atoms with Crippen LogP contribution in [0.3, 0.4) is 0 Å². The van der Waals surface area contributed by atoms with E-state index in [1.165, 1.54) is 23.6 Å². The van der Waals surface area contributed by atoms with Crippen molar-refractivity contribution in [2.75, 3.05) is 0 Å². The molecule has 0 N–H and O–H groups in total. The third kappa shape index (κ3) is 4.43. The van der Waals surface area contributed by atoms with Crippen molar-refractivity contribution in [1.82, 2.24) is 0 Å². The van der Waals surface area contributed by atoms with Crippen LogP contribution in [0.1, 0.15) is 11.1 Å². The minimum atomic E-state index is -1.34. The van der Waals surface area contributed by atoms with Crippen molar-refractivity contribution in [2.24, 2.45) is 0 Å². The first-order chi connectivity index (χ1) is 10.2. The van der Waals surface area contributed by atoms with Crippen LogP contribution < -0.4 is 10.4 Å². The lowest BCUT2D eigenvalue weighted by molar-refractivity contribution is 1.10. The average molecular weight is 327 g/mol. The van der Waals surface area contributed by atoms with Crippen LogP contribution >= 0.6 is 0 Å². The van der Waals surface area contributed by atoms with Crippen LogP contribution in [0.2, 0.25) is 38.8 Å². The van der Waals surface area contributed by atoms with Gasteiger partial charge in [-0.25, -0.2) is 0 Å². The molecule has 2 heteroatoms. The number of hydrogen-bond acceptors (Lipinski definition) is 0. The minimum absolute atomic E-state index is 1.17. The van der Waals surface area contributed by atoms with Crippen molar-refractivity contribution in [3.63, 3.8) is 0 Å². The van der Waals surface area contributed by atoms with Crippen LogP contribution in [0, 0.1) is 6.92 Å². The van der Waals surface area contributed by atoms with E-state index in [0.717, 1.165) is 0 Å². The molecule has 0 nitrogen and oxygen atoms in total. The second-order valence-electron chi connectivity index (χ2n) is 8.20. The van der Waals surface area contributed by atoms with Gasteiger partial charge < -0.3 is 0 Å². The predicted octanol–water partition coefficient (Wildman–Crippen LogP) is 4.70. The fourth-order valence-electron chi connectivity index (χ4n) is 2.84. The van der Waals surface area contributed by atoms with Gasteiger partial charge in [0.1, 0.15) is 0 Å². The molecule has 0 bridgehead atoms. The van der Waals surface area contributed by atoms with E-state index in [1.54, 1.807) is 10.4 Å². The molecule has 2 rings (SSSR count). The molecule has 0 aromatic heterocycles. The summed E-state index contributed by atoms with van der Waals surface area (Å²) in [4.78, 5) is 0. The number of benzene rings is 2. The normalized spacial score (nSPS) is 12.5. The van der Waals surface area contributed by atoms with Crippen molar-refractivity contribution in [1.29, 1.82) is 0 Å². The quantitative estimate of drug-likeness (QED) is 0.699. The Labute approximate surface area is 138 Å². The summed E-state index contributed by atoms with van der Waals surface area (Å²) in [7, 11) is -2.50. The summed E-state index contributed by atoms with van der Waals surface area (Å²) in [6.07, 6.45) is 1.21. The van der Waals surface area contributed by atoms with E-state index in [4.69, 9.17) is 0 Å². The summed E-state index contributed by atoms with van der Waals surface area (Å²) in [5.41, 5.74) is 2.88. The standard InChI is InChI=1S/C20H30Si2/c1-17-8-7-9-20(16-17)22(5,6)15-14-18-10-12-19(13-11-18)21(2,3)4/h7-13,16H,14-15H2,1-6H3. The fraction of sp³-hybridized carbons (Fsp3) is 0.400. The highest BCUT2D eigenvalue weighted by Crippen LogP contribution is 2.15. The van der Waals surface area contributed by atoms with E-state index in [1.807, 2.05) is 0 Å². The van der Waals surface area contributed by atoms with Crippen LogP contribution in [0.5, 0.6) is 0 Å². The molecule has 0 radical (unpaired) electrons. The zero-order valence-corrected chi connectivity index (χ0v) is 17.0. The summed E-state index contributed by atoms with van der Waals surface area (Å²) in [6, 6.07) is 19.9. The van der Waals surface area contributed by atoms with Crippen molar-refractivity contribution in [3.05, 3.63) is 59.7 Å². The summed E-state index contributed by atoms with van der Waals surface area (Å²) >= 11 is 0. The van der Waals surface area contributed by atoms with E-state index >= 15 is 0 Å². The molecular weight excluding hydrogens is 296 g/mol. The maximum Gasteiger partial charge on any atom is 0.0809 e. The molecule has 22 heavy (non-hydrogen) atoms. The van der Waals surface area contributed by atoms with Crippen LogP contribution in [-0.2, 0) is 6.42 Å². The van der Waals surface area contributed by atoms with Crippen LogP contribution in [0.4, 0.5) is 0 Å². The highest BCUT2D eigenvalue weighted by molar-refractivity contribution is 6.90. The third-order valence-electron chi connectivity index (χ3n) is 4.66. The van der Waals surface area contributed by atoms with E-state index in [-0.39, 0.29) is 0 Å². The zero-order valence-electron chi connectivity index (χ0n) is 15.0. The van der Waals surface area contributed by atoms with Crippen molar-refractivity contribution >= 4 is 26.5 Å². The fourth-order valence-corrected chi connectivity index (χ4v) is 6.37. The molecule has 0 aliphatic rings. The van der Waals surface area contributed by atoms with Gasteiger partial charge in [-0.2, -0.15) is 0 Å². The molecule has 0 unspecified atom stereocenters. The highest BCUT2D eigenvalue weighted by atomic mass is 28.3. The first-order valence-electron chi connectivity index (χ1n) is 8.35. The number of rotatable bonds is 5. The molecule has 0 saturated heterocycles. The van der Waals surface area contributed by atoms with Crippen molar-refractivity contribution in [3.8, 4) is 0 Å². The van der Waals surface area contributed by atoms with Crippen LogP contribution in [0.25, 0.3) is 0 Å². The molecule has 2 aromatic carbocycles. The first kappa shape index (κ1) is 17.2. The second-order valence-corrected chi connectivity index (χ2v) is 18.1. The molecule has 0 fully saturated rings. The van der Waals surface area contributed by atoms with Gasteiger partial charge in [-0.1, -0.05) is 97.2 Å². The number of hydrogen-bond donors (Lipinski definition) is 0. The van der Waals surface area contributed by atoms with E-state index in [9.17, 15) is 0 Å². The molecule has 0 aliphatic heterocycles. The van der Waals surface area contributed by atoms with Gasteiger partial charge in [0.05, 0.1) is 16.1 Å². The molecule has 0 aliphatic carbocycles. The maximum absolute atomic E-state index is 2.50. The van der Waals surface area contributed by atoms with E-state index in [2.05, 4.69) is 88.2 Å². The topological polar surface area (TPSA) is 0 Å². The van der Waals surface area contributed by atoms with Gasteiger partial charge in [0.15, 0.2) is 0 Å². The average Bonchev–Trinajstić information content (AvgIpc) is 2.45. The Morgan fingerprint density at radius 3 is 1.95 bits per heavy atom. The molecule has 0 heterocycles. The second kappa shape index (κ2) is 6.55. The maximum atomic E-state index is 2.50. The van der Waals surface area contributed by atoms with Gasteiger partial charge in [0.25, 0.3) is 0 Å². The van der Waals surface area contributed by atoms with Crippen LogP contribution in [-0.4, -0.2) is 16.1 Å². The van der Waals surface area contributed by atoms with Crippen LogP contribution in [0.15, 0.2) is 48.5 Å². The Balaban J connectivity index is 2.06. The van der Waals surface area contributed by atoms with Gasteiger partial charge >= 0.3 is 0 Å². The molecule has 118 valence electrons. The molecule has 0 atom stereocenters. The summed E-state index contributed by atoms with van der Waals surface area (Å²) < 4.78 is 0. The van der Waals surface area contributed by atoms with Gasteiger partial charge in [-0.15, -0.1) is 0 Å². The Hall–Kier alpha value is -1.13. The van der Waals surface area contributed by atoms with Gasteiger partial charge in [-0.05, 0) is 25.0 Å². The first-order valence-corrected chi connectivity index (χ1v) is 15.1. The lowest BCUT2D eigenvalue weighted by Crippen LogP contribution is -2.41. The molecule has 0 spiro atoms. The smallest absolute Gasteiger partial charge is 0.0656 e. The predicted molar refractivity (Wildman–Crippen MR) is 106 cm³/mol. The highest BCUT2D eigenvalue weighted by Gasteiger charge is 2.23. The Morgan fingerprint density at radius 1 is 0.773 bits per heavy atom. The zero-order chi connectivity index (χ0) is 16.4. The molecule has 2 aromatic rings. The van der Waals surface area contributed by atoms with Gasteiger partial charge in [0, 0.05) is 0 Å².